The van der Waals surface area contributed by atoms with Gasteiger partial charge in [0, 0.05) is 26.1 Å². The standard InChI is InChI=1S/C19H23F3N4O3S/c1-12(30)26-9-8-24(7-6-23-26)16-4-2-13(10-15(16)20)25-11-14(29-19(25)28)3-5-17(27)18(21)22/h2,4,10,14,18,23H,3,5-9,11H2,1H3/t14-/m0/s1. The van der Waals surface area contributed by atoms with E-state index in [-0.39, 0.29) is 19.4 Å². The second-order valence-electron chi connectivity index (χ2n) is 7.12. The number of nitrogens with zero attached hydrogens (tertiary/aromatic N) is 3. The summed E-state index contributed by atoms with van der Waals surface area (Å²) in [5.74, 6) is -1.67. The van der Waals surface area contributed by atoms with Crippen LogP contribution in [-0.2, 0) is 9.53 Å². The van der Waals surface area contributed by atoms with Gasteiger partial charge in [0.2, 0.25) is 0 Å². The number of nitrogens with one attached hydrogen (secondary N) is 1. The van der Waals surface area contributed by atoms with E-state index in [9.17, 15) is 22.8 Å². The Balaban J connectivity index is 1.64. The average molecular weight is 444 g/mol. The lowest BCUT2D eigenvalue weighted by atomic mass is 10.1. The van der Waals surface area contributed by atoms with Crippen LogP contribution in [0.3, 0.4) is 0 Å². The lowest BCUT2D eigenvalue weighted by Crippen LogP contribution is -2.41. The third kappa shape index (κ3) is 5.20. The molecule has 30 heavy (non-hydrogen) atoms. The molecule has 2 saturated heterocycles. The summed E-state index contributed by atoms with van der Waals surface area (Å²) in [5, 5.41) is 1.85. The first-order valence-corrected chi connectivity index (χ1v) is 10.0. The maximum absolute atomic E-state index is 14.8. The summed E-state index contributed by atoms with van der Waals surface area (Å²) in [6, 6.07) is 4.47. The Hall–Kier alpha value is -2.40. The fraction of sp³-hybridized carbons (Fsp3) is 0.526. The first kappa shape index (κ1) is 22.3. The third-order valence-corrected chi connectivity index (χ3v) is 5.29. The number of anilines is 2. The summed E-state index contributed by atoms with van der Waals surface area (Å²) in [7, 11) is 0. The minimum absolute atomic E-state index is 0.00253. The molecular weight excluding hydrogens is 421 g/mol. The van der Waals surface area contributed by atoms with Gasteiger partial charge >= 0.3 is 6.09 Å². The molecule has 0 saturated carbocycles. The number of ketones is 1. The van der Waals surface area contributed by atoms with Crippen molar-refractivity contribution in [2.24, 2.45) is 0 Å². The second-order valence-corrected chi connectivity index (χ2v) is 7.71. The number of cyclic esters (lactones) is 1. The van der Waals surface area contributed by atoms with Gasteiger partial charge in [-0.3, -0.25) is 9.69 Å². The molecule has 164 valence electrons. The molecule has 1 aromatic carbocycles. The molecule has 2 heterocycles. The largest absolute Gasteiger partial charge is 0.444 e. The Bertz CT molecular complexity index is 826. The number of thiocarbonyl (C=S) groups is 1. The number of carbonyl (C=O) groups is 2. The van der Waals surface area contributed by atoms with Crippen molar-refractivity contribution in [1.29, 1.82) is 0 Å². The number of carbonyl (C=O) groups excluding carboxylic acids is 2. The van der Waals surface area contributed by atoms with Gasteiger partial charge in [-0.1, -0.05) is 12.2 Å². The monoisotopic (exact) mass is 444 g/mol. The van der Waals surface area contributed by atoms with Gasteiger partial charge in [-0.15, -0.1) is 0 Å². The third-order valence-electron chi connectivity index (χ3n) is 5.07. The lowest BCUT2D eigenvalue weighted by Gasteiger charge is -2.24. The molecule has 2 aliphatic heterocycles. The second kappa shape index (κ2) is 9.61. The predicted molar refractivity (Wildman–Crippen MR) is 109 cm³/mol. The van der Waals surface area contributed by atoms with Gasteiger partial charge in [-0.05, 0) is 31.5 Å². The molecule has 0 bridgehead atoms. The lowest BCUT2D eigenvalue weighted by molar-refractivity contribution is -0.129. The number of benzene rings is 1. The van der Waals surface area contributed by atoms with Gasteiger partial charge in [0.25, 0.3) is 6.43 Å². The van der Waals surface area contributed by atoms with Crippen molar-refractivity contribution in [2.75, 3.05) is 42.5 Å². The van der Waals surface area contributed by atoms with Crippen LogP contribution in [0.4, 0.5) is 29.3 Å². The number of amides is 1. The number of halogens is 3. The highest BCUT2D eigenvalue weighted by atomic mass is 32.1. The van der Waals surface area contributed by atoms with Crippen LogP contribution < -0.4 is 15.2 Å². The molecule has 2 fully saturated rings. The van der Waals surface area contributed by atoms with Crippen molar-refractivity contribution in [1.82, 2.24) is 10.4 Å². The van der Waals surface area contributed by atoms with Gasteiger partial charge < -0.3 is 14.6 Å². The maximum atomic E-state index is 14.8. The zero-order valence-electron chi connectivity index (χ0n) is 16.4. The zero-order chi connectivity index (χ0) is 21.8. The van der Waals surface area contributed by atoms with E-state index < -0.39 is 30.2 Å². The Morgan fingerprint density at radius 1 is 1.33 bits per heavy atom. The highest BCUT2D eigenvalue weighted by molar-refractivity contribution is 7.80. The number of hydrogen-bond donors (Lipinski definition) is 1. The number of alkyl halides is 2. The molecular formula is C19H23F3N4O3S. The molecule has 1 aromatic rings. The van der Waals surface area contributed by atoms with E-state index in [1.54, 1.807) is 12.1 Å². The molecule has 0 aromatic heterocycles. The smallest absolute Gasteiger partial charge is 0.414 e. The molecule has 0 spiro atoms. The summed E-state index contributed by atoms with van der Waals surface area (Å²) in [4.78, 5) is 27.0. The van der Waals surface area contributed by atoms with Crippen LogP contribution in [-0.4, -0.2) is 67.1 Å². The van der Waals surface area contributed by atoms with Crippen LogP contribution >= 0.6 is 12.2 Å². The van der Waals surface area contributed by atoms with Crippen LogP contribution in [0.25, 0.3) is 0 Å². The summed E-state index contributed by atoms with van der Waals surface area (Å²) in [6.07, 6.45) is -4.79. The quantitative estimate of drug-likeness (QED) is 0.677. The highest BCUT2D eigenvalue weighted by Crippen LogP contribution is 2.29. The van der Waals surface area contributed by atoms with Crippen molar-refractivity contribution in [3.05, 3.63) is 24.0 Å². The predicted octanol–water partition coefficient (Wildman–Crippen LogP) is 2.74. The van der Waals surface area contributed by atoms with Crippen molar-refractivity contribution in [2.45, 2.75) is 32.3 Å². The number of hydrazine groups is 1. The number of ether oxygens (including phenoxy) is 1. The maximum Gasteiger partial charge on any atom is 0.414 e. The minimum atomic E-state index is -3.03. The molecule has 0 radical (unpaired) electrons. The molecule has 1 atom stereocenters. The van der Waals surface area contributed by atoms with E-state index in [4.69, 9.17) is 17.0 Å². The summed E-state index contributed by atoms with van der Waals surface area (Å²) >= 11 is 5.17. The minimum Gasteiger partial charge on any atom is -0.444 e. The Kier molecular flexibility index (Phi) is 7.14. The van der Waals surface area contributed by atoms with Gasteiger partial charge in [0.05, 0.1) is 29.5 Å². The normalized spacial score (nSPS) is 19.8. The molecule has 1 amide bonds. The molecule has 3 rings (SSSR count). The van der Waals surface area contributed by atoms with Crippen molar-refractivity contribution in [3.8, 4) is 0 Å². The van der Waals surface area contributed by atoms with E-state index in [2.05, 4.69) is 5.43 Å². The van der Waals surface area contributed by atoms with Crippen LogP contribution in [0.5, 0.6) is 0 Å². The van der Waals surface area contributed by atoms with E-state index in [0.717, 1.165) is 0 Å². The first-order chi connectivity index (χ1) is 14.3. The average Bonchev–Trinajstić information content (AvgIpc) is 2.90. The fourth-order valence-corrected chi connectivity index (χ4v) is 3.61. The molecule has 2 aliphatic rings. The molecule has 11 heteroatoms. The van der Waals surface area contributed by atoms with Crippen molar-refractivity contribution >= 4 is 40.5 Å². The van der Waals surface area contributed by atoms with Gasteiger partial charge in [-0.25, -0.2) is 23.4 Å². The molecule has 7 nitrogen and oxygen atoms in total. The number of Topliss-reactive ketones (excluding diaryl/α,β-unsaturated/α-hetero) is 1. The number of rotatable bonds is 6. The van der Waals surface area contributed by atoms with E-state index >= 15 is 0 Å². The SMILES string of the molecule is CC(=S)N1CCN(c2ccc(N3C[C@H](CCC(=O)C(F)F)OC3=O)cc2F)CCN1. The van der Waals surface area contributed by atoms with Crippen molar-refractivity contribution < 1.29 is 27.5 Å². The molecule has 0 unspecified atom stereocenters. The summed E-state index contributed by atoms with van der Waals surface area (Å²) in [6.45, 7) is 4.26. The summed E-state index contributed by atoms with van der Waals surface area (Å²) < 4.78 is 44.6. The van der Waals surface area contributed by atoms with Crippen LogP contribution in [0.1, 0.15) is 19.8 Å². The Morgan fingerprint density at radius 3 is 2.77 bits per heavy atom. The molecule has 1 N–H and O–H groups in total. The van der Waals surface area contributed by atoms with Gasteiger partial charge in [-0.2, -0.15) is 0 Å². The molecule has 0 aliphatic carbocycles. The van der Waals surface area contributed by atoms with E-state index in [0.29, 0.717) is 42.5 Å². The van der Waals surface area contributed by atoms with Crippen LogP contribution in [0.15, 0.2) is 18.2 Å². The highest BCUT2D eigenvalue weighted by Gasteiger charge is 2.33. The van der Waals surface area contributed by atoms with Crippen LogP contribution in [0, 0.1) is 5.82 Å². The summed E-state index contributed by atoms with van der Waals surface area (Å²) in [5.41, 5.74) is 3.91. The van der Waals surface area contributed by atoms with Gasteiger partial charge in [0.1, 0.15) is 11.9 Å². The van der Waals surface area contributed by atoms with Crippen molar-refractivity contribution in [3.63, 3.8) is 0 Å². The Labute approximate surface area is 177 Å². The fourth-order valence-electron chi connectivity index (χ4n) is 3.46. The number of hydrogen-bond acceptors (Lipinski definition) is 6. The van der Waals surface area contributed by atoms with E-state index in [1.165, 1.54) is 11.0 Å². The first-order valence-electron chi connectivity index (χ1n) is 9.61. The van der Waals surface area contributed by atoms with E-state index in [1.807, 2.05) is 16.8 Å². The topological polar surface area (TPSA) is 65.1 Å². The van der Waals surface area contributed by atoms with Gasteiger partial charge in [0.15, 0.2) is 5.78 Å². The zero-order valence-corrected chi connectivity index (χ0v) is 17.3. The Morgan fingerprint density at radius 2 is 2.10 bits per heavy atom. The van der Waals surface area contributed by atoms with Crippen LogP contribution in [0.2, 0.25) is 0 Å².